The molecule has 0 saturated heterocycles. The highest BCUT2D eigenvalue weighted by Crippen LogP contribution is 2.32. The van der Waals surface area contributed by atoms with Gasteiger partial charge in [-0.05, 0) is 30.5 Å². The molecule has 3 nitrogen and oxygen atoms in total. The molecular formula is C15H23NO2. The summed E-state index contributed by atoms with van der Waals surface area (Å²) in [4.78, 5) is 0. The number of ether oxygens (including phenoxy) is 2. The minimum Gasteiger partial charge on any atom is -0.493 e. The van der Waals surface area contributed by atoms with E-state index in [0.29, 0.717) is 11.8 Å². The molecule has 0 fully saturated rings. The molecule has 0 aliphatic carbocycles. The van der Waals surface area contributed by atoms with Crippen LogP contribution in [0.1, 0.15) is 24.8 Å². The molecule has 1 aromatic carbocycles. The van der Waals surface area contributed by atoms with Crippen LogP contribution in [0.4, 0.5) is 0 Å². The predicted molar refractivity (Wildman–Crippen MR) is 73.2 cm³/mol. The fourth-order valence-corrected chi connectivity index (χ4v) is 2.48. The Morgan fingerprint density at radius 3 is 3.11 bits per heavy atom. The van der Waals surface area contributed by atoms with Crippen molar-refractivity contribution in [1.82, 2.24) is 5.32 Å². The van der Waals surface area contributed by atoms with Crippen molar-refractivity contribution in [2.24, 2.45) is 5.92 Å². The van der Waals surface area contributed by atoms with Crippen LogP contribution in [-0.2, 0) is 4.74 Å². The Morgan fingerprint density at radius 2 is 2.28 bits per heavy atom. The molecule has 0 aromatic heterocycles. The van der Waals surface area contributed by atoms with E-state index in [1.807, 2.05) is 6.07 Å². The lowest BCUT2D eigenvalue weighted by Crippen LogP contribution is -2.30. The van der Waals surface area contributed by atoms with Gasteiger partial charge >= 0.3 is 0 Å². The molecule has 2 atom stereocenters. The van der Waals surface area contributed by atoms with E-state index in [-0.39, 0.29) is 0 Å². The maximum atomic E-state index is 5.67. The van der Waals surface area contributed by atoms with E-state index in [4.69, 9.17) is 9.47 Å². The summed E-state index contributed by atoms with van der Waals surface area (Å²) in [7, 11) is 1.76. The van der Waals surface area contributed by atoms with E-state index in [2.05, 4.69) is 30.4 Å². The first-order valence-corrected chi connectivity index (χ1v) is 6.72. The summed E-state index contributed by atoms with van der Waals surface area (Å²) in [6.45, 7) is 5.88. The summed E-state index contributed by atoms with van der Waals surface area (Å²) in [5.74, 6) is 2.19. The van der Waals surface area contributed by atoms with E-state index in [9.17, 15) is 0 Å². The van der Waals surface area contributed by atoms with Gasteiger partial charge in [0, 0.05) is 26.2 Å². The third-order valence-corrected chi connectivity index (χ3v) is 3.42. The van der Waals surface area contributed by atoms with E-state index >= 15 is 0 Å². The zero-order chi connectivity index (χ0) is 12.8. The molecule has 2 rings (SSSR count). The number of methoxy groups -OCH3 is 1. The molecule has 1 heterocycles. The zero-order valence-corrected chi connectivity index (χ0v) is 11.3. The first-order valence-electron chi connectivity index (χ1n) is 6.72. The number of benzene rings is 1. The standard InChI is InChI=1S/C15H23NO2/c1-12(11-17-2)9-16-10-13-7-8-18-15-6-4-3-5-14(13)15/h3-6,12-13,16H,7-11H2,1-2H3. The molecule has 2 unspecified atom stereocenters. The smallest absolute Gasteiger partial charge is 0.122 e. The van der Waals surface area contributed by atoms with Gasteiger partial charge < -0.3 is 14.8 Å². The van der Waals surface area contributed by atoms with Crippen LogP contribution in [-0.4, -0.2) is 33.4 Å². The quantitative estimate of drug-likeness (QED) is 0.840. The molecule has 1 N–H and O–H groups in total. The van der Waals surface area contributed by atoms with Gasteiger partial charge in [-0.3, -0.25) is 0 Å². The third kappa shape index (κ3) is 3.47. The van der Waals surface area contributed by atoms with Crippen LogP contribution < -0.4 is 10.1 Å². The van der Waals surface area contributed by atoms with Gasteiger partial charge in [0.2, 0.25) is 0 Å². The van der Waals surface area contributed by atoms with Crippen molar-refractivity contribution in [1.29, 1.82) is 0 Å². The number of nitrogens with one attached hydrogen (secondary N) is 1. The fourth-order valence-electron chi connectivity index (χ4n) is 2.48. The van der Waals surface area contributed by atoms with Gasteiger partial charge in [-0.1, -0.05) is 25.1 Å². The summed E-state index contributed by atoms with van der Waals surface area (Å²) < 4.78 is 10.8. The average Bonchev–Trinajstić information content (AvgIpc) is 2.39. The normalized spacial score (nSPS) is 20.0. The highest BCUT2D eigenvalue weighted by atomic mass is 16.5. The number of fused-ring (bicyclic) bond motifs is 1. The molecule has 3 heteroatoms. The van der Waals surface area contributed by atoms with Crippen LogP contribution in [0.2, 0.25) is 0 Å². The molecule has 0 saturated carbocycles. The van der Waals surface area contributed by atoms with E-state index in [1.165, 1.54) is 5.56 Å². The van der Waals surface area contributed by atoms with Crippen molar-refractivity contribution in [3.05, 3.63) is 29.8 Å². The molecule has 0 bridgehead atoms. The number of hydrogen-bond acceptors (Lipinski definition) is 3. The number of para-hydroxylation sites is 1. The van der Waals surface area contributed by atoms with Crippen molar-refractivity contribution < 1.29 is 9.47 Å². The Kier molecular flexibility index (Phi) is 5.02. The molecule has 100 valence electrons. The van der Waals surface area contributed by atoms with Crippen LogP contribution in [0.3, 0.4) is 0 Å². The highest BCUT2D eigenvalue weighted by Gasteiger charge is 2.20. The monoisotopic (exact) mass is 249 g/mol. The van der Waals surface area contributed by atoms with Crippen molar-refractivity contribution in [2.45, 2.75) is 19.3 Å². The molecule has 0 amide bonds. The topological polar surface area (TPSA) is 30.5 Å². The molecule has 18 heavy (non-hydrogen) atoms. The Balaban J connectivity index is 1.84. The van der Waals surface area contributed by atoms with Crippen molar-refractivity contribution in [3.63, 3.8) is 0 Å². The average molecular weight is 249 g/mol. The van der Waals surface area contributed by atoms with E-state index in [1.54, 1.807) is 7.11 Å². The Bertz CT molecular complexity index is 367. The van der Waals surface area contributed by atoms with Crippen LogP contribution in [0.25, 0.3) is 0 Å². The second-order valence-electron chi connectivity index (χ2n) is 5.09. The fraction of sp³-hybridized carbons (Fsp3) is 0.600. The van der Waals surface area contributed by atoms with Crippen molar-refractivity contribution in [2.75, 3.05) is 33.4 Å². The van der Waals surface area contributed by atoms with Crippen LogP contribution >= 0.6 is 0 Å². The zero-order valence-electron chi connectivity index (χ0n) is 11.3. The third-order valence-electron chi connectivity index (χ3n) is 3.42. The minimum atomic E-state index is 0.560. The summed E-state index contributed by atoms with van der Waals surface area (Å²) in [5, 5.41) is 3.55. The van der Waals surface area contributed by atoms with Gasteiger partial charge in [0.25, 0.3) is 0 Å². The summed E-state index contributed by atoms with van der Waals surface area (Å²) in [5.41, 5.74) is 1.34. The molecule has 0 radical (unpaired) electrons. The molecular weight excluding hydrogens is 226 g/mol. The minimum absolute atomic E-state index is 0.560. The SMILES string of the molecule is COCC(C)CNCC1CCOc2ccccc21. The highest BCUT2D eigenvalue weighted by molar-refractivity contribution is 5.37. The molecule has 1 aliphatic rings. The van der Waals surface area contributed by atoms with Crippen LogP contribution in [0.15, 0.2) is 24.3 Å². The maximum absolute atomic E-state index is 5.67. The lowest BCUT2D eigenvalue weighted by atomic mass is 9.93. The van der Waals surface area contributed by atoms with Crippen LogP contribution in [0.5, 0.6) is 5.75 Å². The summed E-state index contributed by atoms with van der Waals surface area (Å²) in [6.07, 6.45) is 1.10. The lowest BCUT2D eigenvalue weighted by Gasteiger charge is -2.26. The number of rotatable bonds is 6. The number of hydrogen-bond donors (Lipinski definition) is 1. The van der Waals surface area contributed by atoms with E-state index < -0.39 is 0 Å². The van der Waals surface area contributed by atoms with E-state index in [0.717, 1.165) is 38.5 Å². The summed E-state index contributed by atoms with van der Waals surface area (Å²) in [6, 6.07) is 8.37. The summed E-state index contributed by atoms with van der Waals surface area (Å²) >= 11 is 0. The first-order chi connectivity index (χ1) is 8.81. The van der Waals surface area contributed by atoms with Gasteiger partial charge in [0.1, 0.15) is 5.75 Å². The van der Waals surface area contributed by atoms with Crippen LogP contribution in [0, 0.1) is 5.92 Å². The molecule has 1 aliphatic heterocycles. The molecule has 1 aromatic rings. The lowest BCUT2D eigenvalue weighted by molar-refractivity contribution is 0.158. The van der Waals surface area contributed by atoms with Gasteiger partial charge in [-0.25, -0.2) is 0 Å². The predicted octanol–water partition coefficient (Wildman–Crippen LogP) is 2.42. The second kappa shape index (κ2) is 6.76. The van der Waals surface area contributed by atoms with Gasteiger partial charge in [-0.15, -0.1) is 0 Å². The Morgan fingerprint density at radius 1 is 1.44 bits per heavy atom. The molecule has 0 spiro atoms. The Hall–Kier alpha value is -1.06. The van der Waals surface area contributed by atoms with Gasteiger partial charge in [-0.2, -0.15) is 0 Å². The second-order valence-corrected chi connectivity index (χ2v) is 5.09. The largest absolute Gasteiger partial charge is 0.493 e. The van der Waals surface area contributed by atoms with Gasteiger partial charge in [0.05, 0.1) is 6.61 Å². The van der Waals surface area contributed by atoms with Crippen molar-refractivity contribution >= 4 is 0 Å². The Labute approximate surface area is 109 Å². The maximum Gasteiger partial charge on any atom is 0.122 e. The van der Waals surface area contributed by atoms with Gasteiger partial charge in [0.15, 0.2) is 0 Å². The van der Waals surface area contributed by atoms with Crippen molar-refractivity contribution in [3.8, 4) is 5.75 Å². The first kappa shape index (κ1) is 13.4.